The van der Waals surface area contributed by atoms with Crippen molar-refractivity contribution >= 4 is 6.16 Å². The molecule has 0 saturated heterocycles. The first-order valence-corrected chi connectivity index (χ1v) is 6.61. The molecule has 0 spiro atoms. The third kappa shape index (κ3) is 18.8. The van der Waals surface area contributed by atoms with E-state index in [1.54, 1.807) is 0 Å². The Balaban J connectivity index is 0. The Morgan fingerprint density at radius 3 is 1.71 bits per heavy atom. The molecule has 0 N–H and O–H groups in total. The maximum Gasteiger partial charge on any atom is 1.00 e. The van der Waals surface area contributed by atoms with Crippen LogP contribution in [0.4, 0.5) is 4.79 Å². The van der Waals surface area contributed by atoms with E-state index in [0.717, 1.165) is 12.8 Å². The summed E-state index contributed by atoms with van der Waals surface area (Å²) < 4.78 is 4.32. The molecule has 3 nitrogen and oxygen atoms in total. The number of rotatable bonds is 11. The van der Waals surface area contributed by atoms with Gasteiger partial charge < -0.3 is 14.6 Å². The molecule has 4 heteroatoms. The number of unbranched alkanes of at least 4 members (excludes halogenated alkanes) is 9. The molecule has 0 aliphatic heterocycles. The number of carbonyl (C=O) groups is 1. The zero-order valence-corrected chi connectivity index (χ0v) is 13.5. The van der Waals surface area contributed by atoms with Gasteiger partial charge in [0.05, 0.1) is 0 Å². The zero-order valence-electron chi connectivity index (χ0n) is 11.5. The predicted octanol–water partition coefficient (Wildman–Crippen LogP) is 0.271. The van der Waals surface area contributed by atoms with E-state index >= 15 is 0 Å². The first kappa shape index (κ1) is 19.6. The summed E-state index contributed by atoms with van der Waals surface area (Å²) in [7, 11) is 0. The molecule has 17 heavy (non-hydrogen) atoms. The summed E-state index contributed by atoms with van der Waals surface area (Å²) in [5.41, 5.74) is 0. The van der Waals surface area contributed by atoms with Crippen LogP contribution in [0.2, 0.25) is 0 Å². The summed E-state index contributed by atoms with van der Waals surface area (Å²) >= 11 is 0. The van der Waals surface area contributed by atoms with Crippen LogP contribution in [0.25, 0.3) is 0 Å². The van der Waals surface area contributed by atoms with Crippen molar-refractivity contribution < 1.29 is 44.2 Å². The first-order valence-electron chi connectivity index (χ1n) is 6.61. The summed E-state index contributed by atoms with van der Waals surface area (Å²) in [6, 6.07) is 0. The van der Waals surface area contributed by atoms with Gasteiger partial charge in [-0.25, -0.2) is 0 Å². The molecular formula is C13H25NaO3. The molecule has 0 unspecified atom stereocenters. The summed E-state index contributed by atoms with van der Waals surface area (Å²) in [5, 5.41) is 9.93. The largest absolute Gasteiger partial charge is 1.00 e. The fourth-order valence-corrected chi connectivity index (χ4v) is 1.75. The number of ether oxygens (including phenoxy) is 1. The molecule has 0 aromatic rings. The minimum Gasteiger partial charge on any atom is -0.550 e. The van der Waals surface area contributed by atoms with Crippen LogP contribution in [0.1, 0.15) is 71.1 Å². The van der Waals surface area contributed by atoms with E-state index in [2.05, 4.69) is 11.7 Å². The minimum atomic E-state index is -1.41. The van der Waals surface area contributed by atoms with Gasteiger partial charge in [0.25, 0.3) is 6.16 Å². The molecule has 0 radical (unpaired) electrons. The maximum atomic E-state index is 9.93. The van der Waals surface area contributed by atoms with Crippen LogP contribution >= 0.6 is 0 Å². The van der Waals surface area contributed by atoms with E-state index in [1.165, 1.54) is 51.4 Å². The number of carbonyl (C=O) groups excluding carboxylic acids is 1. The van der Waals surface area contributed by atoms with Crippen molar-refractivity contribution in [3.63, 3.8) is 0 Å². The van der Waals surface area contributed by atoms with E-state index in [9.17, 15) is 9.90 Å². The molecule has 0 rings (SSSR count). The van der Waals surface area contributed by atoms with Crippen LogP contribution in [0.5, 0.6) is 0 Å². The van der Waals surface area contributed by atoms with Gasteiger partial charge in [0.15, 0.2) is 0 Å². The smallest absolute Gasteiger partial charge is 0.550 e. The topological polar surface area (TPSA) is 49.4 Å². The molecule has 0 bridgehead atoms. The van der Waals surface area contributed by atoms with Crippen LogP contribution in [0.3, 0.4) is 0 Å². The Morgan fingerprint density at radius 2 is 1.29 bits per heavy atom. The van der Waals surface area contributed by atoms with Crippen LogP contribution in [-0.2, 0) is 4.74 Å². The van der Waals surface area contributed by atoms with E-state index < -0.39 is 6.16 Å². The molecule has 0 amide bonds. The summed E-state index contributed by atoms with van der Waals surface area (Å²) in [4.78, 5) is 9.93. The molecule has 0 aliphatic rings. The third-order valence-electron chi connectivity index (χ3n) is 2.72. The minimum absolute atomic E-state index is 0. The Hall–Kier alpha value is 0.270. The quantitative estimate of drug-likeness (QED) is 0.301. The number of carboxylic acid groups (broad SMARTS) is 1. The number of hydrogen-bond acceptors (Lipinski definition) is 3. The van der Waals surface area contributed by atoms with E-state index in [0.29, 0.717) is 6.61 Å². The summed E-state index contributed by atoms with van der Waals surface area (Å²) in [5.74, 6) is 0. The fraction of sp³-hybridized carbons (Fsp3) is 0.923. The second-order valence-electron chi connectivity index (χ2n) is 4.28. The normalized spacial score (nSPS) is 9.71. The van der Waals surface area contributed by atoms with E-state index in [4.69, 9.17) is 0 Å². The maximum absolute atomic E-state index is 9.93. The standard InChI is InChI=1S/C13H26O3.Na/c1-2-3-4-5-6-7-8-9-10-11-12-16-13(14)15;/h2-12H2,1H3,(H,14,15);/q;+1/p-1. The van der Waals surface area contributed by atoms with Crippen molar-refractivity contribution in [3.05, 3.63) is 0 Å². The molecule has 0 aromatic heterocycles. The van der Waals surface area contributed by atoms with Crippen LogP contribution < -0.4 is 34.7 Å². The number of hydrogen-bond donors (Lipinski definition) is 0. The van der Waals surface area contributed by atoms with Gasteiger partial charge in [-0.2, -0.15) is 0 Å². The Bertz CT molecular complexity index is 163. The van der Waals surface area contributed by atoms with Gasteiger partial charge in [0.2, 0.25) is 0 Å². The predicted molar refractivity (Wildman–Crippen MR) is 63.2 cm³/mol. The summed E-state index contributed by atoms with van der Waals surface area (Å²) in [6.07, 6.45) is 11.0. The van der Waals surface area contributed by atoms with E-state index in [-0.39, 0.29) is 29.6 Å². The van der Waals surface area contributed by atoms with Gasteiger partial charge in [0.1, 0.15) is 0 Å². The van der Waals surface area contributed by atoms with Crippen molar-refractivity contribution in [1.82, 2.24) is 0 Å². The van der Waals surface area contributed by atoms with Crippen molar-refractivity contribution in [2.75, 3.05) is 6.61 Å². The monoisotopic (exact) mass is 252 g/mol. The molecule has 0 saturated carbocycles. The molecule has 0 fully saturated rings. The Kier molecular flexibility index (Phi) is 18.8. The third-order valence-corrected chi connectivity index (χ3v) is 2.72. The Labute approximate surface area is 128 Å². The van der Waals surface area contributed by atoms with Gasteiger partial charge in [-0.15, -0.1) is 0 Å². The van der Waals surface area contributed by atoms with Crippen LogP contribution in [0.15, 0.2) is 0 Å². The average molecular weight is 252 g/mol. The first-order chi connectivity index (χ1) is 7.77. The molecule has 0 aliphatic carbocycles. The fourth-order valence-electron chi connectivity index (χ4n) is 1.75. The van der Waals surface area contributed by atoms with Gasteiger partial charge in [-0.3, -0.25) is 0 Å². The van der Waals surface area contributed by atoms with Gasteiger partial charge in [0, 0.05) is 6.61 Å². The second-order valence-corrected chi connectivity index (χ2v) is 4.28. The average Bonchev–Trinajstić information content (AvgIpc) is 2.25. The summed E-state index contributed by atoms with van der Waals surface area (Å²) in [6.45, 7) is 2.52. The molecule has 0 atom stereocenters. The molecular weight excluding hydrogens is 227 g/mol. The van der Waals surface area contributed by atoms with Crippen LogP contribution in [-0.4, -0.2) is 12.8 Å². The molecule has 0 aromatic carbocycles. The van der Waals surface area contributed by atoms with Gasteiger partial charge in [-0.1, -0.05) is 64.7 Å². The SMILES string of the molecule is CCCCCCCCCCCCOC(=O)[O-].[Na+]. The van der Waals surface area contributed by atoms with Crippen molar-refractivity contribution in [1.29, 1.82) is 0 Å². The van der Waals surface area contributed by atoms with Crippen LogP contribution in [0, 0.1) is 0 Å². The second kappa shape index (κ2) is 16.3. The van der Waals surface area contributed by atoms with Crippen molar-refractivity contribution in [2.45, 2.75) is 71.1 Å². The van der Waals surface area contributed by atoms with Gasteiger partial charge >= 0.3 is 29.6 Å². The zero-order chi connectivity index (χ0) is 12.1. The molecule has 96 valence electrons. The van der Waals surface area contributed by atoms with Gasteiger partial charge in [-0.05, 0) is 6.42 Å². The van der Waals surface area contributed by atoms with E-state index in [1.807, 2.05) is 0 Å². The molecule has 0 heterocycles. The van der Waals surface area contributed by atoms with Crippen molar-refractivity contribution in [3.8, 4) is 0 Å². The Morgan fingerprint density at radius 1 is 0.882 bits per heavy atom. The van der Waals surface area contributed by atoms with Crippen molar-refractivity contribution in [2.24, 2.45) is 0 Å².